The van der Waals surface area contributed by atoms with E-state index < -0.39 is 179 Å². The minimum absolute atomic E-state index is 0.408. The quantitative estimate of drug-likeness (QED) is 0.193. The first-order valence-corrected chi connectivity index (χ1v) is 18.7. The molecule has 2 N–H and O–H groups in total. The molecule has 0 aliphatic carbocycles. The Hall–Kier alpha value is -13.0. The molecule has 310 valence electrons. The molecule has 9 rings (SSSR count). The topological polar surface area (TPSA) is 442 Å². The Bertz CT molecular complexity index is 4680. The molecule has 5 heterocycles. The van der Waals surface area contributed by atoms with Gasteiger partial charge in [0.2, 0.25) is 0 Å². The molecule has 2 aliphatic rings. The molecule has 0 saturated carbocycles. The fraction of sp³-hybridized carbons (Fsp3) is 0. The van der Waals surface area contributed by atoms with Crippen molar-refractivity contribution in [3.8, 4) is 131 Å². The Morgan fingerprint density at radius 1 is 0.243 bits per heavy atom. The maximum Gasteiger partial charge on any atom is 0.166 e. The Balaban J connectivity index is 1.72. The van der Waals surface area contributed by atoms with Gasteiger partial charge in [0.15, 0.2) is 34.9 Å². The van der Waals surface area contributed by atoms with E-state index in [1.165, 1.54) is 12.1 Å². The van der Waals surface area contributed by atoms with Crippen molar-refractivity contribution in [1.29, 1.82) is 73.7 Å². The molecule has 24 heteroatoms. The van der Waals surface area contributed by atoms with Crippen LogP contribution in [0.2, 0.25) is 0 Å². The van der Waals surface area contributed by atoms with Gasteiger partial charge >= 0.3 is 0 Å². The summed E-state index contributed by atoms with van der Waals surface area (Å²) in [5.41, 5.74) is -14.8. The van der Waals surface area contributed by atoms with Gasteiger partial charge in [-0.1, -0.05) is 0 Å². The summed E-state index contributed by atoms with van der Waals surface area (Å²) >= 11 is 0. The minimum atomic E-state index is -1.53. The number of aromatic nitrogens is 8. The van der Waals surface area contributed by atoms with Crippen molar-refractivity contribution in [1.82, 2.24) is 39.9 Å². The zero-order chi connectivity index (χ0) is 50.0. The Morgan fingerprint density at radius 2 is 0.457 bits per heavy atom. The third-order valence-corrected chi connectivity index (χ3v) is 11.1. The summed E-state index contributed by atoms with van der Waals surface area (Å²) in [6, 6.07) is 23.7. The molecule has 0 unspecified atom stereocenters. The summed E-state index contributed by atoms with van der Waals surface area (Å²) in [6.07, 6.45) is 0. The summed E-state index contributed by atoms with van der Waals surface area (Å²) in [4.78, 5) is 32.3. The minimum Gasteiger partial charge on any atom is -0.324 e. The average Bonchev–Trinajstić information content (AvgIpc) is 4.12. The van der Waals surface area contributed by atoms with Gasteiger partial charge in [0, 0.05) is 21.5 Å². The second-order valence-electron chi connectivity index (χ2n) is 14.1. The van der Waals surface area contributed by atoms with Crippen LogP contribution in [-0.4, -0.2) is 39.9 Å². The van der Waals surface area contributed by atoms with Gasteiger partial charge in [-0.05, 0) is 0 Å². The van der Waals surface area contributed by atoms with E-state index in [1.54, 1.807) is 66.8 Å². The van der Waals surface area contributed by atoms with Crippen molar-refractivity contribution in [3.05, 3.63) is 89.5 Å². The number of nitrogens with one attached hydrogen (secondary N) is 2. The molecule has 0 radical (unpaired) electrons. The first-order valence-electron chi connectivity index (χ1n) is 18.7. The maximum atomic E-state index is 16.2. The summed E-state index contributed by atoms with van der Waals surface area (Å²) in [7, 11) is 0. The molecule has 8 bridgehead atoms. The molecule has 0 fully saturated rings. The Kier molecular flexibility index (Phi) is 9.27. The van der Waals surface area contributed by atoms with Crippen molar-refractivity contribution >= 4 is 44.1 Å². The van der Waals surface area contributed by atoms with Gasteiger partial charge in [0.25, 0.3) is 0 Å². The lowest BCUT2D eigenvalue weighted by molar-refractivity contribution is 0.619. The smallest absolute Gasteiger partial charge is 0.166 e. The number of hydrogen-bond acceptors (Lipinski definition) is 20. The van der Waals surface area contributed by atoms with E-state index in [0.717, 1.165) is 0 Å². The number of rotatable bonds is 0. The SMILES string of the molecule is N#Cc1c(F)c(C#N)c2c(c1C#N)-c1nc3nc(nc4[nH]c(nc5[nH]c(nc-2n1)c1c(C#N)c(C#N)c(C#N)c(C#N)c51)c1c(C#N)c(C#N)c(C#N)c(C#N)c41)-c1c(C#N)c(C#N)c(F)c(C#N)c1-3. The molecule has 7 aromatic rings. The molecule has 22 nitrogen and oxygen atoms in total. The number of H-pyrrole nitrogens is 2. The lowest BCUT2D eigenvalue weighted by Gasteiger charge is -2.09. The number of aromatic amines is 2. The second kappa shape index (κ2) is 15.3. The van der Waals surface area contributed by atoms with Crippen LogP contribution in [0, 0.1) is 170 Å². The van der Waals surface area contributed by atoms with Crippen molar-refractivity contribution < 1.29 is 8.78 Å². The van der Waals surface area contributed by atoms with Crippen molar-refractivity contribution in [2.24, 2.45) is 0 Å². The maximum absolute atomic E-state index is 16.2. The average molecular weight is 901 g/mol. The molecule has 0 amide bonds. The van der Waals surface area contributed by atoms with Crippen LogP contribution < -0.4 is 0 Å². The van der Waals surface area contributed by atoms with Crippen LogP contribution >= 0.6 is 0 Å². The van der Waals surface area contributed by atoms with Gasteiger partial charge < -0.3 is 9.97 Å². The zero-order valence-corrected chi connectivity index (χ0v) is 33.7. The van der Waals surface area contributed by atoms with Crippen LogP contribution in [0.25, 0.3) is 89.7 Å². The fourth-order valence-corrected chi connectivity index (χ4v) is 8.30. The number of halogens is 2. The molecule has 2 aliphatic heterocycles. The third kappa shape index (κ3) is 5.23. The molecule has 3 aromatic heterocycles. The number of hydrogen-bond donors (Lipinski definition) is 2. The van der Waals surface area contributed by atoms with Crippen LogP contribution in [0.5, 0.6) is 0 Å². The van der Waals surface area contributed by atoms with E-state index in [4.69, 9.17) is 0 Å². The van der Waals surface area contributed by atoms with Gasteiger partial charge in [0.05, 0.1) is 77.9 Å². The summed E-state index contributed by atoms with van der Waals surface area (Å²) in [6.45, 7) is 0. The van der Waals surface area contributed by atoms with Crippen molar-refractivity contribution in [3.63, 3.8) is 0 Å². The predicted molar refractivity (Wildman–Crippen MR) is 222 cm³/mol. The van der Waals surface area contributed by atoms with Gasteiger partial charge in [-0.3, -0.25) is 0 Å². The molecule has 0 spiro atoms. The van der Waals surface area contributed by atoms with Gasteiger partial charge in [-0.25, -0.2) is 38.7 Å². The fourth-order valence-electron chi connectivity index (χ4n) is 8.30. The summed E-state index contributed by atoms with van der Waals surface area (Å²) < 4.78 is 32.5. The first-order chi connectivity index (χ1) is 34.0. The third-order valence-electron chi connectivity index (χ3n) is 11.1. The van der Waals surface area contributed by atoms with Gasteiger partial charge in [-0.15, -0.1) is 0 Å². The van der Waals surface area contributed by atoms with Gasteiger partial charge in [-0.2, -0.15) is 73.7 Å². The summed E-state index contributed by atoms with van der Waals surface area (Å²) in [5.74, 6) is -5.95. The molecule has 4 aromatic carbocycles. The van der Waals surface area contributed by atoms with Crippen molar-refractivity contribution in [2.75, 3.05) is 0 Å². The first kappa shape index (κ1) is 42.3. The second-order valence-corrected chi connectivity index (χ2v) is 14.1. The predicted octanol–water partition coefficient (Wildman–Crippen LogP) is 5.35. The van der Waals surface area contributed by atoms with Crippen LogP contribution in [0.1, 0.15) is 77.9 Å². The number of fused-ring (bicyclic) bond motifs is 20. The van der Waals surface area contributed by atoms with E-state index in [9.17, 15) is 73.7 Å². The highest BCUT2D eigenvalue weighted by Crippen LogP contribution is 2.46. The van der Waals surface area contributed by atoms with Gasteiger partial charge in [0.1, 0.15) is 130 Å². The standard InChI is InChI=1S/C46H2F2N22/c47-37-25(11-59)23(9-57)33-35(27(37)13-61)46-68-43(33)66-41-30-20(6-54)16(2-50)15(1-49)19(5-53)29(30)39(64-41)63-40-31-21(7-55)17(3-51)18(4-52)22(8-56)32(31)42(65-40)67-45-36-28(14-62)38(48)26(12-60)24(10-58)34(36)44(69-45)70-46/h(H2,63,64,65,66,67,68,69,70). The molecular formula is C46H2F2N22. The Morgan fingerprint density at radius 3 is 0.700 bits per heavy atom. The molecule has 0 atom stereocenters. The lowest BCUT2D eigenvalue weighted by Crippen LogP contribution is -2.02. The Labute approximate surface area is 385 Å². The van der Waals surface area contributed by atoms with E-state index in [1.807, 2.05) is 6.07 Å². The molecular weight excluding hydrogens is 899 g/mol. The van der Waals surface area contributed by atoms with E-state index in [2.05, 4.69) is 39.9 Å². The van der Waals surface area contributed by atoms with Crippen LogP contribution in [0.4, 0.5) is 8.78 Å². The zero-order valence-electron chi connectivity index (χ0n) is 33.7. The lowest BCUT2D eigenvalue weighted by atomic mass is 9.91. The van der Waals surface area contributed by atoms with Crippen LogP contribution in [-0.2, 0) is 0 Å². The highest BCUT2D eigenvalue weighted by molar-refractivity contribution is 6.15. The number of nitriles is 14. The van der Waals surface area contributed by atoms with Crippen LogP contribution in [0.3, 0.4) is 0 Å². The highest BCUT2D eigenvalue weighted by atomic mass is 19.1. The van der Waals surface area contributed by atoms with E-state index in [-0.39, 0.29) is 0 Å². The largest absolute Gasteiger partial charge is 0.324 e. The monoisotopic (exact) mass is 900 g/mol. The molecule has 0 saturated heterocycles. The van der Waals surface area contributed by atoms with Crippen molar-refractivity contribution in [2.45, 2.75) is 0 Å². The van der Waals surface area contributed by atoms with Crippen LogP contribution in [0.15, 0.2) is 0 Å². The van der Waals surface area contributed by atoms with E-state index in [0.29, 0.717) is 0 Å². The highest BCUT2D eigenvalue weighted by Gasteiger charge is 2.37. The number of nitrogens with zero attached hydrogens (tertiary/aromatic N) is 20. The summed E-state index contributed by atoms with van der Waals surface area (Å²) in [5, 5.41) is 144. The molecule has 70 heavy (non-hydrogen) atoms. The van der Waals surface area contributed by atoms with E-state index >= 15 is 8.78 Å². The number of benzene rings is 4. The normalized spacial score (nSPS) is 10.2.